The molecule has 0 unspecified atom stereocenters. The van der Waals surface area contributed by atoms with Crippen LogP contribution in [0.4, 0.5) is 0 Å². The van der Waals surface area contributed by atoms with Crippen molar-refractivity contribution in [2.75, 3.05) is 0 Å². The third-order valence-electron chi connectivity index (χ3n) is 3.58. The first-order valence-electron chi connectivity index (χ1n) is 7.69. The molecule has 0 bridgehead atoms. The van der Waals surface area contributed by atoms with Crippen LogP contribution in [0.15, 0.2) is 48.5 Å². The van der Waals surface area contributed by atoms with Crippen molar-refractivity contribution in [2.24, 2.45) is 5.41 Å². The lowest BCUT2D eigenvalue weighted by Gasteiger charge is -2.15. The maximum absolute atomic E-state index is 10.2. The predicted octanol–water partition coefficient (Wildman–Crippen LogP) is 4.58. The Balaban J connectivity index is 2.09. The number of phenols is 1. The van der Waals surface area contributed by atoms with Crippen molar-refractivity contribution in [3.63, 3.8) is 0 Å². The SMILES string of the molecule is C/C(=C/C(C)(C)C)c1ccc(O)c(-n2nc3ccccc3n2)c1. The normalized spacial score (nSPS) is 12.8. The molecule has 3 aromatic rings. The largest absolute Gasteiger partial charge is 0.506 e. The van der Waals surface area contributed by atoms with Gasteiger partial charge >= 0.3 is 0 Å². The van der Waals surface area contributed by atoms with Crippen LogP contribution in [0.5, 0.6) is 5.75 Å². The monoisotopic (exact) mass is 307 g/mol. The molecule has 23 heavy (non-hydrogen) atoms. The van der Waals surface area contributed by atoms with Crippen LogP contribution in [0.3, 0.4) is 0 Å². The molecular weight excluding hydrogens is 286 g/mol. The van der Waals surface area contributed by atoms with Gasteiger partial charge in [-0.3, -0.25) is 0 Å². The van der Waals surface area contributed by atoms with Crippen LogP contribution in [-0.4, -0.2) is 20.1 Å². The Labute approximate surface area is 136 Å². The molecule has 1 N–H and O–H groups in total. The van der Waals surface area contributed by atoms with Gasteiger partial charge in [0.15, 0.2) is 0 Å². The van der Waals surface area contributed by atoms with Crippen LogP contribution in [-0.2, 0) is 0 Å². The fourth-order valence-electron chi connectivity index (χ4n) is 2.63. The molecule has 0 aliphatic carbocycles. The molecule has 0 fully saturated rings. The van der Waals surface area contributed by atoms with Gasteiger partial charge in [-0.1, -0.05) is 45.0 Å². The van der Waals surface area contributed by atoms with Gasteiger partial charge in [0, 0.05) is 0 Å². The highest BCUT2D eigenvalue weighted by Gasteiger charge is 2.12. The molecule has 0 aliphatic heterocycles. The first-order valence-corrected chi connectivity index (χ1v) is 7.69. The number of benzene rings is 2. The van der Waals surface area contributed by atoms with Crippen LogP contribution in [0, 0.1) is 5.41 Å². The van der Waals surface area contributed by atoms with E-state index in [1.165, 1.54) is 4.80 Å². The number of aromatic hydroxyl groups is 1. The van der Waals surface area contributed by atoms with E-state index in [-0.39, 0.29) is 11.2 Å². The first-order chi connectivity index (χ1) is 10.8. The fourth-order valence-corrected chi connectivity index (χ4v) is 2.63. The lowest BCUT2D eigenvalue weighted by molar-refractivity contribution is 0.467. The second kappa shape index (κ2) is 5.54. The molecule has 4 nitrogen and oxygen atoms in total. The zero-order chi connectivity index (χ0) is 16.6. The Morgan fingerprint density at radius 1 is 1.04 bits per heavy atom. The summed E-state index contributed by atoms with van der Waals surface area (Å²) in [5, 5.41) is 19.1. The number of nitrogens with zero attached hydrogens (tertiary/aromatic N) is 3. The van der Waals surface area contributed by atoms with Gasteiger partial charge in [0.1, 0.15) is 22.5 Å². The van der Waals surface area contributed by atoms with E-state index in [0.29, 0.717) is 5.69 Å². The van der Waals surface area contributed by atoms with Crippen molar-refractivity contribution in [2.45, 2.75) is 27.7 Å². The summed E-state index contributed by atoms with van der Waals surface area (Å²) in [5.41, 5.74) is 4.50. The number of allylic oxidation sites excluding steroid dienone is 2. The Morgan fingerprint density at radius 2 is 1.65 bits per heavy atom. The summed E-state index contributed by atoms with van der Waals surface area (Å²) in [5.74, 6) is 0.164. The van der Waals surface area contributed by atoms with Gasteiger partial charge in [-0.15, -0.1) is 15.0 Å². The highest BCUT2D eigenvalue weighted by Crippen LogP contribution is 2.28. The zero-order valence-corrected chi connectivity index (χ0v) is 13.9. The molecule has 118 valence electrons. The van der Waals surface area contributed by atoms with E-state index in [2.05, 4.69) is 44.0 Å². The summed E-state index contributed by atoms with van der Waals surface area (Å²) >= 11 is 0. The Morgan fingerprint density at radius 3 is 2.22 bits per heavy atom. The molecule has 0 aliphatic rings. The highest BCUT2D eigenvalue weighted by atomic mass is 16.3. The molecule has 3 rings (SSSR count). The van der Waals surface area contributed by atoms with E-state index in [0.717, 1.165) is 22.2 Å². The quantitative estimate of drug-likeness (QED) is 0.754. The summed E-state index contributed by atoms with van der Waals surface area (Å²) in [6, 6.07) is 13.2. The van der Waals surface area contributed by atoms with E-state index >= 15 is 0 Å². The van der Waals surface area contributed by atoms with Crippen LogP contribution in [0.1, 0.15) is 33.3 Å². The predicted molar refractivity (Wildman–Crippen MR) is 93.6 cm³/mol. The van der Waals surface area contributed by atoms with Crippen molar-refractivity contribution in [3.05, 3.63) is 54.1 Å². The molecule has 2 aromatic carbocycles. The smallest absolute Gasteiger partial charge is 0.143 e. The van der Waals surface area contributed by atoms with Crippen LogP contribution >= 0.6 is 0 Å². The Hall–Kier alpha value is -2.62. The summed E-state index contributed by atoms with van der Waals surface area (Å²) in [4.78, 5) is 1.49. The standard InChI is InChI=1S/C19H21N3O/c1-13(12-19(2,3)4)14-9-10-18(23)17(11-14)22-20-15-7-5-6-8-16(15)21-22/h5-12,23H,1-4H3/b13-12-. The lowest BCUT2D eigenvalue weighted by atomic mass is 9.91. The van der Waals surface area contributed by atoms with Crippen LogP contribution < -0.4 is 0 Å². The third-order valence-corrected chi connectivity index (χ3v) is 3.58. The van der Waals surface area contributed by atoms with Crippen molar-refractivity contribution in [1.82, 2.24) is 15.0 Å². The number of aromatic nitrogens is 3. The molecule has 0 spiro atoms. The van der Waals surface area contributed by atoms with Gasteiger partial charge in [0.05, 0.1) is 0 Å². The van der Waals surface area contributed by atoms with Gasteiger partial charge in [-0.05, 0) is 47.7 Å². The molecule has 0 amide bonds. The summed E-state index contributed by atoms with van der Waals surface area (Å²) in [7, 11) is 0. The van der Waals surface area contributed by atoms with Crippen LogP contribution in [0.2, 0.25) is 0 Å². The summed E-state index contributed by atoms with van der Waals surface area (Å²) in [6.45, 7) is 8.58. The van der Waals surface area contributed by atoms with E-state index in [1.807, 2.05) is 36.4 Å². The molecule has 0 radical (unpaired) electrons. The Kier molecular flexibility index (Phi) is 3.68. The van der Waals surface area contributed by atoms with Crippen molar-refractivity contribution >= 4 is 16.6 Å². The third kappa shape index (κ3) is 3.26. The molecule has 0 atom stereocenters. The maximum Gasteiger partial charge on any atom is 0.143 e. The van der Waals surface area contributed by atoms with Crippen LogP contribution in [0.25, 0.3) is 22.3 Å². The topological polar surface area (TPSA) is 50.9 Å². The van der Waals surface area contributed by atoms with Gasteiger partial charge in [0.2, 0.25) is 0 Å². The van der Waals surface area contributed by atoms with E-state index < -0.39 is 0 Å². The number of hydrogen-bond acceptors (Lipinski definition) is 3. The first kappa shape index (κ1) is 15.3. The van der Waals surface area contributed by atoms with Gasteiger partial charge in [-0.25, -0.2) is 0 Å². The van der Waals surface area contributed by atoms with Crippen molar-refractivity contribution in [3.8, 4) is 11.4 Å². The summed E-state index contributed by atoms with van der Waals surface area (Å²) < 4.78 is 0. The van der Waals surface area contributed by atoms with E-state index in [9.17, 15) is 5.11 Å². The van der Waals surface area contributed by atoms with Gasteiger partial charge < -0.3 is 5.11 Å². The molecule has 1 aromatic heterocycles. The number of rotatable bonds is 2. The molecule has 0 saturated carbocycles. The minimum absolute atomic E-state index is 0.0980. The number of hydrogen-bond donors (Lipinski definition) is 1. The number of phenolic OH excluding ortho intramolecular Hbond substituents is 1. The Bertz CT molecular complexity index is 852. The zero-order valence-electron chi connectivity index (χ0n) is 13.9. The minimum atomic E-state index is 0.0980. The lowest BCUT2D eigenvalue weighted by Crippen LogP contribution is -2.02. The van der Waals surface area contributed by atoms with Gasteiger partial charge in [-0.2, -0.15) is 0 Å². The fraction of sp³-hybridized carbons (Fsp3) is 0.263. The van der Waals surface area contributed by atoms with Crippen molar-refractivity contribution in [1.29, 1.82) is 0 Å². The average molecular weight is 307 g/mol. The average Bonchev–Trinajstić information content (AvgIpc) is 2.89. The van der Waals surface area contributed by atoms with Crippen molar-refractivity contribution < 1.29 is 5.11 Å². The molecule has 0 saturated heterocycles. The minimum Gasteiger partial charge on any atom is -0.506 e. The molecule has 1 heterocycles. The second-order valence-electron chi connectivity index (χ2n) is 6.88. The number of fused-ring (bicyclic) bond motifs is 1. The second-order valence-corrected chi connectivity index (χ2v) is 6.88. The van der Waals surface area contributed by atoms with Gasteiger partial charge in [0.25, 0.3) is 0 Å². The van der Waals surface area contributed by atoms with E-state index in [1.54, 1.807) is 6.07 Å². The highest BCUT2D eigenvalue weighted by molar-refractivity contribution is 5.74. The summed E-state index contributed by atoms with van der Waals surface area (Å²) in [6.07, 6.45) is 2.22. The molecule has 4 heteroatoms. The van der Waals surface area contributed by atoms with E-state index in [4.69, 9.17) is 0 Å². The maximum atomic E-state index is 10.2. The molecular formula is C19H21N3O.